The van der Waals surface area contributed by atoms with Gasteiger partial charge in [-0.05, 0) is 98.8 Å². The molecule has 6 rings (SSSR count). The monoisotopic (exact) mass is 614 g/mol. The number of halogens is 2. The van der Waals surface area contributed by atoms with Crippen molar-refractivity contribution in [2.24, 2.45) is 17.8 Å². The summed E-state index contributed by atoms with van der Waals surface area (Å²) in [6, 6.07) is 9.06. The van der Waals surface area contributed by atoms with Crippen LogP contribution in [0.5, 0.6) is 5.75 Å². The van der Waals surface area contributed by atoms with Gasteiger partial charge in [0.2, 0.25) is 0 Å². The first-order valence-electron chi connectivity index (χ1n) is 15.0. The van der Waals surface area contributed by atoms with E-state index in [0.29, 0.717) is 48.3 Å². The third-order valence-corrected chi connectivity index (χ3v) is 12.2. The highest BCUT2D eigenvalue weighted by Gasteiger charge is 2.47. The summed E-state index contributed by atoms with van der Waals surface area (Å²) in [5.41, 5.74) is 3.71. The number of anilines is 1. The maximum Gasteiger partial charge on any atom is 0.292 e. The molecule has 1 spiro atoms. The lowest BCUT2D eigenvalue weighted by Crippen LogP contribution is -2.48. The maximum atomic E-state index is 15.1. The molecule has 1 amide bonds. The fraction of sp³-hybridized carbons (Fsp3) is 0.545. The van der Waals surface area contributed by atoms with Crippen LogP contribution in [0.3, 0.4) is 0 Å². The van der Waals surface area contributed by atoms with E-state index >= 15 is 4.39 Å². The highest BCUT2D eigenvalue weighted by atomic mass is 35.5. The molecular formula is C33H40ClFN2O4S. The van der Waals surface area contributed by atoms with E-state index in [1.54, 1.807) is 19.2 Å². The van der Waals surface area contributed by atoms with E-state index in [2.05, 4.69) is 29.5 Å². The van der Waals surface area contributed by atoms with Gasteiger partial charge in [0.15, 0.2) is 0 Å². The van der Waals surface area contributed by atoms with Gasteiger partial charge in [-0.25, -0.2) is 4.39 Å². The molecule has 0 radical (unpaired) electrons. The van der Waals surface area contributed by atoms with Gasteiger partial charge in [0, 0.05) is 37.1 Å². The minimum atomic E-state index is -1.54. The van der Waals surface area contributed by atoms with Crippen LogP contribution >= 0.6 is 11.6 Å². The zero-order valence-corrected chi connectivity index (χ0v) is 26.3. The van der Waals surface area contributed by atoms with E-state index in [0.717, 1.165) is 43.5 Å². The number of rotatable bonds is 1. The molecule has 226 valence electrons. The van der Waals surface area contributed by atoms with E-state index in [9.17, 15) is 9.35 Å². The summed E-state index contributed by atoms with van der Waals surface area (Å²) in [7, 11) is 1.79. The Labute approximate surface area is 256 Å². The van der Waals surface area contributed by atoms with Crippen molar-refractivity contribution in [3.05, 3.63) is 69.5 Å². The van der Waals surface area contributed by atoms with E-state index in [4.69, 9.17) is 21.1 Å². The molecule has 7 unspecified atom stereocenters. The number of carbonyl (C=O) groups is 1. The van der Waals surface area contributed by atoms with Crippen molar-refractivity contribution < 1.29 is 23.2 Å². The quantitative estimate of drug-likeness (QED) is 0.298. The van der Waals surface area contributed by atoms with E-state index in [1.807, 2.05) is 25.1 Å². The molecule has 2 bridgehead atoms. The molecule has 1 fully saturated rings. The predicted octanol–water partition coefficient (Wildman–Crippen LogP) is 6.37. The number of nitrogens with zero attached hydrogens (tertiary/aromatic N) is 1. The minimum Gasteiger partial charge on any atom is -0.593 e. The number of benzene rings is 2. The van der Waals surface area contributed by atoms with E-state index in [-0.39, 0.29) is 34.0 Å². The minimum absolute atomic E-state index is 0.01000. The SMILES string of the molecule is COC1/C(C)=C/CC(C)C(C)[S+]([O-])NC(=O)c2ccc3c(c2)N(CC2CCC21)CC1(CCc2c1ccc(Cl)c2F)CO3. The van der Waals surface area contributed by atoms with Crippen LogP contribution in [0.4, 0.5) is 10.1 Å². The molecule has 2 aromatic carbocycles. The van der Waals surface area contributed by atoms with Crippen molar-refractivity contribution in [3.8, 4) is 5.75 Å². The van der Waals surface area contributed by atoms with Gasteiger partial charge in [-0.2, -0.15) is 4.72 Å². The maximum absolute atomic E-state index is 15.1. The molecular weight excluding hydrogens is 575 g/mol. The Balaban J connectivity index is 1.42. The van der Waals surface area contributed by atoms with Crippen molar-refractivity contribution in [2.75, 3.05) is 31.7 Å². The average molecular weight is 615 g/mol. The third-order valence-electron chi connectivity index (χ3n) is 10.3. The largest absolute Gasteiger partial charge is 0.593 e. The molecule has 42 heavy (non-hydrogen) atoms. The van der Waals surface area contributed by atoms with Crippen molar-refractivity contribution in [1.29, 1.82) is 0 Å². The van der Waals surface area contributed by atoms with Crippen LogP contribution in [-0.4, -0.2) is 48.6 Å². The van der Waals surface area contributed by atoms with Gasteiger partial charge in [0.1, 0.15) is 16.8 Å². The Bertz CT molecular complexity index is 1400. The van der Waals surface area contributed by atoms with Gasteiger partial charge in [-0.15, -0.1) is 0 Å². The number of amides is 1. The molecule has 2 aromatic rings. The summed E-state index contributed by atoms with van der Waals surface area (Å²) in [6.07, 6.45) is 6.52. The first kappa shape index (κ1) is 29.8. The molecule has 9 heteroatoms. The molecule has 2 heterocycles. The van der Waals surface area contributed by atoms with E-state index in [1.165, 1.54) is 5.57 Å². The zero-order chi connectivity index (χ0) is 29.8. The lowest BCUT2D eigenvalue weighted by molar-refractivity contribution is 0.00619. The Morgan fingerprint density at radius 3 is 2.79 bits per heavy atom. The molecule has 0 aromatic heterocycles. The van der Waals surface area contributed by atoms with Crippen molar-refractivity contribution in [2.45, 2.75) is 69.6 Å². The molecule has 4 aliphatic rings. The van der Waals surface area contributed by atoms with Gasteiger partial charge in [0.05, 0.1) is 34.8 Å². The summed E-state index contributed by atoms with van der Waals surface area (Å²) in [5.74, 6) is 0.870. The second-order valence-electron chi connectivity index (χ2n) is 12.8. The van der Waals surface area contributed by atoms with Crippen molar-refractivity contribution in [1.82, 2.24) is 4.72 Å². The number of hydrogen-bond acceptors (Lipinski definition) is 5. The zero-order valence-electron chi connectivity index (χ0n) is 24.8. The average Bonchev–Trinajstić information content (AvgIpc) is 3.25. The van der Waals surface area contributed by atoms with Gasteiger partial charge >= 0.3 is 0 Å². The highest BCUT2D eigenvalue weighted by Crippen LogP contribution is 2.48. The van der Waals surface area contributed by atoms with Crippen LogP contribution < -0.4 is 14.4 Å². The van der Waals surface area contributed by atoms with Gasteiger partial charge in [-0.3, -0.25) is 4.79 Å². The smallest absolute Gasteiger partial charge is 0.292 e. The van der Waals surface area contributed by atoms with Crippen LogP contribution in [0.25, 0.3) is 0 Å². The first-order chi connectivity index (χ1) is 20.1. The molecule has 0 saturated heterocycles. The molecule has 2 aliphatic heterocycles. The van der Waals surface area contributed by atoms with Crippen LogP contribution in [0.2, 0.25) is 5.02 Å². The number of methoxy groups -OCH3 is 1. The highest BCUT2D eigenvalue weighted by molar-refractivity contribution is 7.90. The Morgan fingerprint density at radius 1 is 1.24 bits per heavy atom. The van der Waals surface area contributed by atoms with Crippen LogP contribution in [0.1, 0.15) is 67.9 Å². The summed E-state index contributed by atoms with van der Waals surface area (Å²) in [4.78, 5) is 15.7. The summed E-state index contributed by atoms with van der Waals surface area (Å²) < 4.78 is 43.6. The summed E-state index contributed by atoms with van der Waals surface area (Å²) >= 11 is 4.62. The van der Waals surface area contributed by atoms with Crippen LogP contribution in [0.15, 0.2) is 42.0 Å². The molecule has 7 atom stereocenters. The molecule has 1 N–H and O–H groups in total. The third kappa shape index (κ3) is 5.23. The number of fused-ring (bicyclic) bond motifs is 4. The Hall–Kier alpha value is -2.26. The molecule has 6 nitrogen and oxygen atoms in total. The van der Waals surface area contributed by atoms with Crippen LogP contribution in [-0.2, 0) is 27.9 Å². The number of allylic oxidation sites excluding steroid dienone is 1. The first-order valence-corrected chi connectivity index (χ1v) is 16.6. The Morgan fingerprint density at radius 2 is 2.05 bits per heavy atom. The lowest BCUT2D eigenvalue weighted by atomic mass is 9.68. The topological polar surface area (TPSA) is 73.9 Å². The summed E-state index contributed by atoms with van der Waals surface area (Å²) in [5, 5.41) is -0.0723. The summed E-state index contributed by atoms with van der Waals surface area (Å²) in [6.45, 7) is 7.94. The van der Waals surface area contributed by atoms with Crippen molar-refractivity contribution in [3.63, 3.8) is 0 Å². The van der Waals surface area contributed by atoms with Gasteiger partial charge < -0.3 is 18.9 Å². The normalized spacial score (nSPS) is 34.3. The van der Waals surface area contributed by atoms with Gasteiger partial charge in [-0.1, -0.05) is 30.7 Å². The fourth-order valence-electron chi connectivity index (χ4n) is 7.39. The second-order valence-corrected chi connectivity index (χ2v) is 14.7. The lowest BCUT2D eigenvalue weighted by Gasteiger charge is -2.45. The second kappa shape index (κ2) is 11.7. The van der Waals surface area contributed by atoms with Crippen molar-refractivity contribution >= 4 is 34.6 Å². The fourth-order valence-corrected chi connectivity index (χ4v) is 8.58. The number of hydrogen-bond donors (Lipinski definition) is 1. The molecule has 1 saturated carbocycles. The van der Waals surface area contributed by atoms with E-state index < -0.39 is 16.8 Å². The van der Waals surface area contributed by atoms with Crippen LogP contribution in [0, 0.1) is 23.6 Å². The Kier molecular flexibility index (Phi) is 8.28. The predicted molar refractivity (Wildman–Crippen MR) is 165 cm³/mol. The number of carbonyl (C=O) groups excluding carboxylic acids is 1. The molecule has 2 aliphatic carbocycles. The van der Waals surface area contributed by atoms with Gasteiger partial charge in [0.25, 0.3) is 5.91 Å². The standard InChI is InChI=1S/C33H40ClFN2O4S/c1-19-5-6-20(2)31(40-4)24-9-7-23(24)16-37-17-33(14-13-25-26(33)10-11-27(34)30(25)35)18-41-29-12-8-22(15-28(29)37)32(38)36-42(39)21(19)3/h6,8,10-12,15,19,21,23-24,31H,5,7,9,13-14,16-18H2,1-4H3,(H,36,38)/b20-6+. The number of nitrogens with one attached hydrogen (secondary N) is 1. The number of ether oxygens (including phenoxy) is 2.